The van der Waals surface area contributed by atoms with Crippen molar-refractivity contribution in [2.75, 3.05) is 12.4 Å². The zero-order chi connectivity index (χ0) is 23.1. The molecular formula is C21H19ClF4N2O4. The summed E-state index contributed by atoms with van der Waals surface area (Å²) in [4.78, 5) is 45.5. The van der Waals surface area contributed by atoms with Crippen LogP contribution in [0.25, 0.3) is 0 Å². The van der Waals surface area contributed by atoms with Gasteiger partial charge in [-0.3, -0.25) is 29.4 Å². The van der Waals surface area contributed by atoms with Gasteiger partial charge in [-0.15, -0.1) is 11.6 Å². The Balaban J connectivity index is 0.000000266. The molecule has 0 bridgehead atoms. The number of carbonyl (C=O) groups is 4. The fourth-order valence-electron chi connectivity index (χ4n) is 2.66. The van der Waals surface area contributed by atoms with Gasteiger partial charge in [0.2, 0.25) is 0 Å². The summed E-state index contributed by atoms with van der Waals surface area (Å²) in [5.41, 5.74) is 1.33. The first-order valence-corrected chi connectivity index (χ1v) is 9.23. The van der Waals surface area contributed by atoms with E-state index in [9.17, 15) is 36.7 Å². The highest BCUT2D eigenvalue weighted by Crippen LogP contribution is 2.22. The van der Waals surface area contributed by atoms with Crippen molar-refractivity contribution in [3.05, 3.63) is 70.8 Å². The smallest absolute Gasteiger partial charge is 0.261 e. The number of hydrogen-bond donors (Lipinski definition) is 1. The van der Waals surface area contributed by atoms with Crippen LogP contribution in [0.4, 0.5) is 17.6 Å². The molecule has 0 atom stereocenters. The number of nitrogens with zero attached hydrogens (tertiary/aromatic N) is 1. The first-order valence-electron chi connectivity index (χ1n) is 8.69. The fraction of sp³-hybridized carbons (Fsp3) is 0.238. The second kappa shape index (κ2) is 11.9. The molecule has 0 spiro atoms. The van der Waals surface area contributed by atoms with Crippen molar-refractivity contribution in [1.29, 1.82) is 0 Å². The Kier molecular flexibility index (Phi) is 9.99. The van der Waals surface area contributed by atoms with Gasteiger partial charge in [-0.2, -0.15) is 0 Å². The Morgan fingerprint density at radius 2 is 1.06 bits per heavy atom. The van der Waals surface area contributed by atoms with Crippen LogP contribution in [0.5, 0.6) is 0 Å². The lowest BCUT2D eigenvalue weighted by molar-refractivity contribution is 0.0492. The highest BCUT2D eigenvalue weighted by molar-refractivity contribution is 6.22. The van der Waals surface area contributed by atoms with Gasteiger partial charge in [0, 0.05) is 0 Å². The minimum Gasteiger partial charge on any atom is -0.288 e. The molecule has 11 heteroatoms. The Morgan fingerprint density at radius 1 is 0.719 bits per heavy atom. The molecule has 0 fully saturated rings. The number of carbonyl (C=O) groups excluding carboxylic acids is 4. The number of halogens is 5. The first-order chi connectivity index (χ1) is 14.7. The molecule has 0 radical (unpaired) electrons. The third-order valence-electron chi connectivity index (χ3n) is 3.96. The molecule has 2 aliphatic rings. The lowest BCUT2D eigenvalue weighted by Gasteiger charge is -2.12. The van der Waals surface area contributed by atoms with Gasteiger partial charge in [0.1, 0.15) is 0 Å². The fourth-order valence-corrected chi connectivity index (χ4v) is 2.66. The number of imide groups is 2. The Hall–Kier alpha value is -3.27. The molecule has 32 heavy (non-hydrogen) atoms. The topological polar surface area (TPSA) is 83.5 Å². The molecule has 1 N–H and O–H groups in total. The van der Waals surface area contributed by atoms with E-state index in [0.29, 0.717) is 16.0 Å². The molecule has 4 amide bonds. The standard InChI is InChI=1S/C10H7F2NO2.C8H5NO2.C2H3ClF2.CH4/c11-8(12)5-13-9(14)6-3-1-2-4-7(6)10(13)15;10-7-5-3-1-2-4-6(5)8(11)9-7;3-1-2(4)5;/h1-4,8H,5H2;1-4H,(H,9,10,11);2H,1H2;1H4. The van der Waals surface area contributed by atoms with Crippen molar-refractivity contribution in [2.45, 2.75) is 20.3 Å². The molecule has 2 aliphatic heterocycles. The second-order valence-corrected chi connectivity index (χ2v) is 6.34. The number of benzene rings is 2. The predicted molar refractivity (Wildman–Crippen MR) is 110 cm³/mol. The van der Waals surface area contributed by atoms with Crippen molar-refractivity contribution >= 4 is 35.2 Å². The summed E-state index contributed by atoms with van der Waals surface area (Å²) < 4.78 is 45.5. The van der Waals surface area contributed by atoms with Crippen LogP contribution in [-0.4, -0.2) is 53.8 Å². The van der Waals surface area contributed by atoms with Crippen LogP contribution in [0, 0.1) is 0 Å². The third kappa shape index (κ3) is 6.36. The van der Waals surface area contributed by atoms with Crippen LogP contribution in [0.3, 0.4) is 0 Å². The van der Waals surface area contributed by atoms with Crippen LogP contribution in [0.2, 0.25) is 0 Å². The van der Waals surface area contributed by atoms with Gasteiger partial charge in [0.15, 0.2) is 0 Å². The van der Waals surface area contributed by atoms with E-state index in [4.69, 9.17) is 0 Å². The maximum absolute atomic E-state index is 12.1. The molecule has 0 aromatic heterocycles. The summed E-state index contributed by atoms with van der Waals surface area (Å²) in [6.45, 7) is -0.841. The summed E-state index contributed by atoms with van der Waals surface area (Å²) in [5, 5.41) is 2.20. The van der Waals surface area contributed by atoms with Crippen molar-refractivity contribution < 1.29 is 36.7 Å². The van der Waals surface area contributed by atoms with Crippen LogP contribution in [-0.2, 0) is 0 Å². The van der Waals surface area contributed by atoms with E-state index in [1.165, 1.54) is 12.1 Å². The molecule has 0 aliphatic carbocycles. The van der Waals surface area contributed by atoms with Crippen molar-refractivity contribution in [1.82, 2.24) is 10.2 Å². The summed E-state index contributed by atoms with van der Waals surface area (Å²) in [6, 6.07) is 12.8. The lowest BCUT2D eigenvalue weighted by atomic mass is 10.1. The molecular weight excluding hydrogens is 456 g/mol. The molecule has 6 nitrogen and oxygen atoms in total. The molecule has 0 saturated carbocycles. The SMILES string of the molecule is C.FC(F)CCl.O=C1NC(=O)c2ccccc21.O=C1c2ccccc2C(=O)N1CC(F)F. The summed E-state index contributed by atoms with van der Waals surface area (Å²) >= 11 is 4.59. The zero-order valence-electron chi connectivity index (χ0n) is 15.7. The molecule has 0 unspecified atom stereocenters. The largest absolute Gasteiger partial charge is 0.288 e. The number of rotatable bonds is 3. The summed E-state index contributed by atoms with van der Waals surface area (Å²) in [6.07, 6.45) is -5.05. The van der Waals surface area contributed by atoms with Crippen LogP contribution < -0.4 is 5.32 Å². The maximum atomic E-state index is 12.1. The zero-order valence-corrected chi connectivity index (χ0v) is 16.4. The van der Waals surface area contributed by atoms with E-state index in [-0.39, 0.29) is 30.4 Å². The molecule has 2 heterocycles. The second-order valence-electron chi connectivity index (χ2n) is 6.03. The van der Waals surface area contributed by atoms with Crippen molar-refractivity contribution in [3.63, 3.8) is 0 Å². The van der Waals surface area contributed by atoms with Crippen LogP contribution in [0.1, 0.15) is 48.9 Å². The van der Waals surface area contributed by atoms with Crippen molar-refractivity contribution in [2.24, 2.45) is 0 Å². The Morgan fingerprint density at radius 3 is 1.38 bits per heavy atom. The summed E-state index contributed by atoms with van der Waals surface area (Å²) in [5.74, 6) is -2.44. The van der Waals surface area contributed by atoms with E-state index < -0.39 is 37.1 Å². The number of fused-ring (bicyclic) bond motifs is 2. The van der Waals surface area contributed by atoms with Gasteiger partial charge < -0.3 is 0 Å². The quantitative estimate of drug-likeness (QED) is 0.409. The Labute approximate surface area is 186 Å². The van der Waals surface area contributed by atoms with Crippen molar-refractivity contribution in [3.8, 4) is 0 Å². The maximum Gasteiger partial charge on any atom is 0.261 e. The van der Waals surface area contributed by atoms with Gasteiger partial charge in [-0.05, 0) is 24.3 Å². The molecule has 2 aromatic rings. The van der Waals surface area contributed by atoms with Gasteiger partial charge in [-0.1, -0.05) is 31.7 Å². The minimum absolute atomic E-state index is 0. The normalized spacial score (nSPS) is 13.5. The average molecular weight is 475 g/mol. The van der Waals surface area contributed by atoms with E-state index >= 15 is 0 Å². The number of alkyl halides is 5. The summed E-state index contributed by atoms with van der Waals surface area (Å²) in [7, 11) is 0. The number of amides is 4. The van der Waals surface area contributed by atoms with E-state index in [0.717, 1.165) is 0 Å². The van der Waals surface area contributed by atoms with Gasteiger partial charge in [0.05, 0.1) is 34.7 Å². The van der Waals surface area contributed by atoms with Crippen LogP contribution in [0.15, 0.2) is 48.5 Å². The molecule has 4 rings (SSSR count). The Bertz CT molecular complexity index is 933. The monoisotopic (exact) mass is 474 g/mol. The first kappa shape index (κ1) is 26.8. The highest BCUT2D eigenvalue weighted by atomic mass is 35.5. The average Bonchev–Trinajstić information content (AvgIpc) is 3.17. The number of hydrogen-bond acceptors (Lipinski definition) is 4. The minimum atomic E-state index is -2.70. The molecule has 0 saturated heterocycles. The van der Waals surface area contributed by atoms with E-state index in [1.54, 1.807) is 36.4 Å². The van der Waals surface area contributed by atoms with Gasteiger partial charge >= 0.3 is 0 Å². The third-order valence-corrected chi connectivity index (χ3v) is 4.19. The molecule has 172 valence electrons. The number of nitrogens with one attached hydrogen (secondary N) is 1. The lowest BCUT2D eigenvalue weighted by Crippen LogP contribution is -2.34. The van der Waals surface area contributed by atoms with E-state index in [2.05, 4.69) is 16.9 Å². The highest BCUT2D eigenvalue weighted by Gasteiger charge is 2.36. The predicted octanol–water partition coefficient (Wildman–Crippen LogP) is 4.24. The van der Waals surface area contributed by atoms with Crippen LogP contribution >= 0.6 is 11.6 Å². The molecule has 2 aromatic carbocycles. The van der Waals surface area contributed by atoms with Gasteiger partial charge in [0.25, 0.3) is 36.5 Å². The van der Waals surface area contributed by atoms with E-state index in [1.807, 2.05) is 0 Å². The van der Waals surface area contributed by atoms with Gasteiger partial charge in [-0.25, -0.2) is 17.6 Å².